The highest BCUT2D eigenvalue weighted by Crippen LogP contribution is 2.32. The maximum absolute atomic E-state index is 12.3. The minimum Gasteiger partial charge on any atom is -0.345 e. The third kappa shape index (κ3) is 3.03. The van der Waals surface area contributed by atoms with Crippen molar-refractivity contribution in [3.05, 3.63) is 46.6 Å². The summed E-state index contributed by atoms with van der Waals surface area (Å²) in [4.78, 5) is 16.7. The molecule has 5 heteroatoms. The Morgan fingerprint density at radius 3 is 2.86 bits per heavy atom. The van der Waals surface area contributed by atoms with E-state index < -0.39 is 0 Å². The summed E-state index contributed by atoms with van der Waals surface area (Å²) in [6, 6.07) is 5.72. The molecule has 0 bridgehead atoms. The molecule has 1 aromatic heterocycles. The second kappa shape index (κ2) is 6.30. The van der Waals surface area contributed by atoms with Gasteiger partial charge in [0.15, 0.2) is 5.82 Å². The fourth-order valence-electron chi connectivity index (χ4n) is 2.93. The van der Waals surface area contributed by atoms with Crippen LogP contribution in [0.1, 0.15) is 64.8 Å². The smallest absolute Gasteiger partial charge is 0.251 e. The maximum Gasteiger partial charge on any atom is 0.251 e. The van der Waals surface area contributed by atoms with E-state index in [1.54, 1.807) is 0 Å². The average Bonchev–Trinajstić information content (AvgIpc) is 3.18. The predicted molar refractivity (Wildman–Crippen MR) is 82.6 cm³/mol. The number of nitrogens with one attached hydrogen (secondary N) is 1. The second-order valence-electron chi connectivity index (χ2n) is 5.96. The lowest BCUT2D eigenvalue weighted by Gasteiger charge is -2.08. The highest BCUT2D eigenvalue weighted by molar-refractivity contribution is 5.95. The molecule has 0 unspecified atom stereocenters. The van der Waals surface area contributed by atoms with Crippen molar-refractivity contribution < 1.29 is 9.32 Å². The van der Waals surface area contributed by atoms with Crippen LogP contribution >= 0.6 is 0 Å². The summed E-state index contributed by atoms with van der Waals surface area (Å²) < 4.78 is 5.32. The van der Waals surface area contributed by atoms with Gasteiger partial charge in [-0.1, -0.05) is 30.1 Å². The van der Waals surface area contributed by atoms with Crippen LogP contribution < -0.4 is 5.32 Å². The number of hydrogen-bond acceptors (Lipinski definition) is 4. The molecule has 0 radical (unpaired) electrons. The molecule has 0 aliphatic heterocycles. The van der Waals surface area contributed by atoms with Gasteiger partial charge in [-0.15, -0.1) is 0 Å². The molecule has 3 rings (SSSR count). The van der Waals surface area contributed by atoms with E-state index in [2.05, 4.69) is 15.5 Å². The molecule has 2 aromatic rings. The molecule has 22 heavy (non-hydrogen) atoms. The number of aryl methyl sites for hydroxylation is 1. The van der Waals surface area contributed by atoms with E-state index in [0.29, 0.717) is 29.7 Å². The summed E-state index contributed by atoms with van der Waals surface area (Å²) in [5.41, 5.74) is 2.80. The number of carbonyl (C=O) groups excluding carboxylic acids is 1. The molecule has 116 valence electrons. The third-order valence-electron chi connectivity index (χ3n) is 4.44. The molecule has 1 amide bonds. The number of rotatable bonds is 4. The van der Waals surface area contributed by atoms with Gasteiger partial charge in [0, 0.05) is 11.5 Å². The van der Waals surface area contributed by atoms with Crippen LogP contribution in [0.5, 0.6) is 0 Å². The topological polar surface area (TPSA) is 68.0 Å². The summed E-state index contributed by atoms with van der Waals surface area (Å²) in [6.07, 6.45) is 4.70. The number of amides is 1. The van der Waals surface area contributed by atoms with Crippen molar-refractivity contribution in [3.8, 4) is 0 Å². The Labute approximate surface area is 130 Å². The van der Waals surface area contributed by atoms with E-state index >= 15 is 0 Å². The summed E-state index contributed by atoms with van der Waals surface area (Å²) >= 11 is 0. The van der Waals surface area contributed by atoms with Crippen molar-refractivity contribution in [3.63, 3.8) is 0 Å². The molecule has 0 saturated heterocycles. The van der Waals surface area contributed by atoms with Gasteiger partial charge in [-0.25, -0.2) is 0 Å². The van der Waals surface area contributed by atoms with Crippen molar-refractivity contribution in [2.45, 2.75) is 52.0 Å². The number of hydrogen-bond donors (Lipinski definition) is 1. The van der Waals surface area contributed by atoms with Crippen LogP contribution in [-0.4, -0.2) is 16.0 Å². The average molecular weight is 299 g/mol. The standard InChI is InChI=1S/C17H21N3O2/c1-11-6-5-9-14(12(11)2)16(21)18-10-15-19-17(22-20-15)13-7-3-4-8-13/h5-6,9,13H,3-4,7-8,10H2,1-2H3,(H,18,21). The Hall–Kier alpha value is -2.17. The van der Waals surface area contributed by atoms with Crippen molar-refractivity contribution in [1.29, 1.82) is 0 Å². The molecule has 1 heterocycles. The fraction of sp³-hybridized carbons (Fsp3) is 0.471. The normalized spacial score (nSPS) is 15.2. The molecule has 1 fully saturated rings. The van der Waals surface area contributed by atoms with Crippen LogP contribution in [0.15, 0.2) is 22.7 Å². The Bertz CT molecular complexity index is 672. The molecule has 0 atom stereocenters. The van der Waals surface area contributed by atoms with Gasteiger partial charge in [-0.3, -0.25) is 4.79 Å². The first kappa shape index (κ1) is 14.8. The molecule has 0 spiro atoms. The summed E-state index contributed by atoms with van der Waals surface area (Å²) in [5, 5.41) is 6.83. The number of benzene rings is 1. The van der Waals surface area contributed by atoms with Crippen molar-refractivity contribution in [2.75, 3.05) is 0 Å². The quantitative estimate of drug-likeness (QED) is 0.940. The van der Waals surface area contributed by atoms with E-state index in [9.17, 15) is 4.79 Å². The zero-order chi connectivity index (χ0) is 15.5. The van der Waals surface area contributed by atoms with Crippen LogP contribution in [0.25, 0.3) is 0 Å². The lowest BCUT2D eigenvalue weighted by atomic mass is 10.0. The van der Waals surface area contributed by atoms with Gasteiger partial charge >= 0.3 is 0 Å². The zero-order valence-corrected chi connectivity index (χ0v) is 13.1. The maximum atomic E-state index is 12.3. The third-order valence-corrected chi connectivity index (χ3v) is 4.44. The van der Waals surface area contributed by atoms with Crippen LogP contribution in [0.4, 0.5) is 0 Å². The van der Waals surface area contributed by atoms with Gasteiger partial charge in [0.25, 0.3) is 5.91 Å². The first-order valence-corrected chi connectivity index (χ1v) is 7.82. The number of aromatic nitrogens is 2. The van der Waals surface area contributed by atoms with E-state index in [-0.39, 0.29) is 5.91 Å². The van der Waals surface area contributed by atoms with Gasteiger partial charge in [0.1, 0.15) is 0 Å². The molecule has 1 aliphatic rings. The first-order chi connectivity index (χ1) is 10.6. The molecule has 1 aromatic carbocycles. The van der Waals surface area contributed by atoms with E-state index in [4.69, 9.17) is 4.52 Å². The fourth-order valence-corrected chi connectivity index (χ4v) is 2.93. The van der Waals surface area contributed by atoms with Crippen molar-refractivity contribution in [2.24, 2.45) is 0 Å². The Balaban J connectivity index is 1.62. The monoisotopic (exact) mass is 299 g/mol. The predicted octanol–water partition coefficient (Wildman–Crippen LogP) is 3.27. The number of carbonyl (C=O) groups is 1. The summed E-state index contributed by atoms with van der Waals surface area (Å²) in [5.74, 6) is 1.55. The number of nitrogens with zero attached hydrogens (tertiary/aromatic N) is 2. The van der Waals surface area contributed by atoms with Crippen LogP contribution in [0, 0.1) is 13.8 Å². The molecule has 1 N–H and O–H groups in total. The van der Waals surface area contributed by atoms with E-state index in [0.717, 1.165) is 24.0 Å². The van der Waals surface area contributed by atoms with Crippen molar-refractivity contribution >= 4 is 5.91 Å². The highest BCUT2D eigenvalue weighted by atomic mass is 16.5. The molecule has 5 nitrogen and oxygen atoms in total. The van der Waals surface area contributed by atoms with Gasteiger partial charge < -0.3 is 9.84 Å². The Morgan fingerprint density at radius 2 is 2.09 bits per heavy atom. The van der Waals surface area contributed by atoms with Crippen LogP contribution in [0.3, 0.4) is 0 Å². The lowest BCUT2D eigenvalue weighted by Crippen LogP contribution is -2.24. The lowest BCUT2D eigenvalue weighted by molar-refractivity contribution is 0.0949. The van der Waals surface area contributed by atoms with Gasteiger partial charge in [-0.2, -0.15) is 4.98 Å². The van der Waals surface area contributed by atoms with Gasteiger partial charge in [-0.05, 0) is 43.9 Å². The Kier molecular flexibility index (Phi) is 4.22. The van der Waals surface area contributed by atoms with E-state index in [1.165, 1.54) is 12.8 Å². The van der Waals surface area contributed by atoms with E-state index in [1.807, 2.05) is 32.0 Å². The SMILES string of the molecule is Cc1cccc(C(=O)NCc2noc(C3CCCC3)n2)c1C. The molecular weight excluding hydrogens is 278 g/mol. The van der Waals surface area contributed by atoms with Crippen LogP contribution in [-0.2, 0) is 6.54 Å². The minimum atomic E-state index is -0.103. The minimum absolute atomic E-state index is 0.103. The largest absolute Gasteiger partial charge is 0.345 e. The summed E-state index contributed by atoms with van der Waals surface area (Å²) in [7, 11) is 0. The summed E-state index contributed by atoms with van der Waals surface area (Å²) in [6.45, 7) is 4.25. The molecule has 1 saturated carbocycles. The van der Waals surface area contributed by atoms with Crippen molar-refractivity contribution in [1.82, 2.24) is 15.5 Å². The molecular formula is C17H21N3O2. The molecule has 1 aliphatic carbocycles. The van der Waals surface area contributed by atoms with Gasteiger partial charge in [0.05, 0.1) is 6.54 Å². The van der Waals surface area contributed by atoms with Crippen LogP contribution in [0.2, 0.25) is 0 Å². The van der Waals surface area contributed by atoms with Gasteiger partial charge in [0.2, 0.25) is 5.89 Å². The zero-order valence-electron chi connectivity index (χ0n) is 13.1. The Morgan fingerprint density at radius 1 is 1.32 bits per heavy atom. The highest BCUT2D eigenvalue weighted by Gasteiger charge is 2.23. The second-order valence-corrected chi connectivity index (χ2v) is 5.96. The first-order valence-electron chi connectivity index (χ1n) is 7.82.